The minimum Gasteiger partial charge on any atom is -0.352 e. The monoisotopic (exact) mass is 517 g/mol. The SMILES string of the molecule is CC[C@@H](C(=O)NC1CCCCC1)N(Cc1ccccc1Cl)C(=O)CSCc1ccc([N+](=O)[O-])cc1. The Bertz CT molecular complexity index is 1010. The summed E-state index contributed by atoms with van der Waals surface area (Å²) in [6, 6.07) is 13.3. The molecule has 0 heterocycles. The predicted octanol–water partition coefficient (Wildman–Crippen LogP) is 5.74. The number of carbonyl (C=O) groups excluding carboxylic acids is 2. The number of nitro groups is 1. The summed E-state index contributed by atoms with van der Waals surface area (Å²) in [4.78, 5) is 38.7. The molecule has 9 heteroatoms. The number of nitrogens with one attached hydrogen (secondary N) is 1. The Labute approximate surface area is 215 Å². The lowest BCUT2D eigenvalue weighted by Crippen LogP contribution is -2.52. The summed E-state index contributed by atoms with van der Waals surface area (Å²) in [5.74, 6) is 0.478. The summed E-state index contributed by atoms with van der Waals surface area (Å²) in [6.07, 6.45) is 5.89. The highest BCUT2D eigenvalue weighted by Gasteiger charge is 2.30. The summed E-state index contributed by atoms with van der Waals surface area (Å²) in [5.41, 5.74) is 1.73. The van der Waals surface area contributed by atoms with Crippen LogP contribution in [0.25, 0.3) is 0 Å². The molecule has 0 saturated heterocycles. The zero-order valence-electron chi connectivity index (χ0n) is 20.0. The largest absolute Gasteiger partial charge is 0.352 e. The van der Waals surface area contributed by atoms with Gasteiger partial charge >= 0.3 is 0 Å². The van der Waals surface area contributed by atoms with E-state index < -0.39 is 11.0 Å². The maximum absolute atomic E-state index is 13.4. The fourth-order valence-electron chi connectivity index (χ4n) is 4.33. The predicted molar refractivity (Wildman–Crippen MR) is 140 cm³/mol. The molecule has 35 heavy (non-hydrogen) atoms. The Morgan fingerprint density at radius 1 is 1.14 bits per heavy atom. The van der Waals surface area contributed by atoms with Crippen LogP contribution in [0, 0.1) is 10.1 Å². The highest BCUT2D eigenvalue weighted by molar-refractivity contribution is 7.99. The number of carbonyl (C=O) groups is 2. The van der Waals surface area contributed by atoms with Crippen molar-refractivity contribution < 1.29 is 14.5 Å². The molecule has 0 radical (unpaired) electrons. The molecule has 2 aromatic carbocycles. The Hall–Kier alpha value is -2.58. The number of thioether (sulfide) groups is 1. The molecule has 1 saturated carbocycles. The summed E-state index contributed by atoms with van der Waals surface area (Å²) in [5, 5.41) is 14.6. The van der Waals surface area contributed by atoms with Crippen LogP contribution in [0.3, 0.4) is 0 Å². The second-order valence-corrected chi connectivity index (χ2v) is 10.2. The van der Waals surface area contributed by atoms with Gasteiger partial charge in [-0.3, -0.25) is 19.7 Å². The summed E-state index contributed by atoms with van der Waals surface area (Å²) < 4.78 is 0. The minimum absolute atomic E-state index is 0.0375. The number of nitro benzene ring substituents is 1. The van der Waals surface area contributed by atoms with Gasteiger partial charge in [-0.15, -0.1) is 11.8 Å². The summed E-state index contributed by atoms with van der Waals surface area (Å²) in [6.45, 7) is 2.18. The molecule has 1 N–H and O–H groups in total. The number of rotatable bonds is 11. The van der Waals surface area contributed by atoms with Gasteiger partial charge in [-0.2, -0.15) is 0 Å². The third kappa shape index (κ3) is 7.97. The van der Waals surface area contributed by atoms with E-state index in [4.69, 9.17) is 11.6 Å². The van der Waals surface area contributed by atoms with E-state index in [0.29, 0.717) is 17.2 Å². The molecule has 1 fully saturated rings. The molecule has 1 atom stereocenters. The lowest BCUT2D eigenvalue weighted by molar-refractivity contribution is -0.384. The first kappa shape index (κ1) is 27.0. The van der Waals surface area contributed by atoms with Crippen molar-refractivity contribution in [3.63, 3.8) is 0 Å². The Morgan fingerprint density at radius 3 is 2.46 bits per heavy atom. The van der Waals surface area contributed by atoms with Crippen molar-refractivity contribution in [3.05, 3.63) is 74.8 Å². The van der Waals surface area contributed by atoms with E-state index >= 15 is 0 Å². The molecule has 0 unspecified atom stereocenters. The number of halogens is 1. The van der Waals surface area contributed by atoms with Gasteiger partial charge in [-0.25, -0.2) is 0 Å². The molecule has 0 spiro atoms. The number of non-ortho nitro benzene ring substituents is 1. The van der Waals surface area contributed by atoms with Gasteiger partial charge in [0.1, 0.15) is 6.04 Å². The van der Waals surface area contributed by atoms with Crippen LogP contribution < -0.4 is 5.32 Å². The van der Waals surface area contributed by atoms with Crippen LogP contribution in [0.5, 0.6) is 0 Å². The normalized spacial score (nSPS) is 14.8. The Morgan fingerprint density at radius 2 is 1.83 bits per heavy atom. The summed E-state index contributed by atoms with van der Waals surface area (Å²) in [7, 11) is 0. The molecular formula is C26H32ClN3O4S. The van der Waals surface area contributed by atoms with E-state index in [-0.39, 0.29) is 35.8 Å². The smallest absolute Gasteiger partial charge is 0.269 e. The number of benzene rings is 2. The van der Waals surface area contributed by atoms with Crippen molar-refractivity contribution >= 4 is 40.9 Å². The van der Waals surface area contributed by atoms with E-state index in [1.165, 1.54) is 30.3 Å². The lowest BCUT2D eigenvalue weighted by atomic mass is 9.95. The zero-order valence-corrected chi connectivity index (χ0v) is 21.5. The zero-order chi connectivity index (χ0) is 25.2. The third-order valence-corrected chi connectivity index (χ3v) is 7.63. The average Bonchev–Trinajstić information content (AvgIpc) is 2.86. The quantitative estimate of drug-likeness (QED) is 0.303. The molecule has 7 nitrogen and oxygen atoms in total. The van der Waals surface area contributed by atoms with Gasteiger partial charge in [0.25, 0.3) is 5.69 Å². The van der Waals surface area contributed by atoms with Crippen LogP contribution in [0.2, 0.25) is 5.02 Å². The molecule has 1 aliphatic carbocycles. The maximum Gasteiger partial charge on any atom is 0.269 e. The number of hydrogen-bond acceptors (Lipinski definition) is 5. The van der Waals surface area contributed by atoms with Gasteiger partial charge in [0, 0.05) is 35.5 Å². The fourth-order valence-corrected chi connectivity index (χ4v) is 5.39. The van der Waals surface area contributed by atoms with E-state index in [0.717, 1.165) is 36.8 Å². The molecular weight excluding hydrogens is 486 g/mol. The van der Waals surface area contributed by atoms with Crippen molar-refractivity contribution in [2.75, 3.05) is 5.75 Å². The standard InChI is InChI=1S/C26H32ClN3O4S/c1-2-24(26(32)28-21-9-4-3-5-10-21)29(16-20-8-6-7-11-23(20)27)25(31)18-35-17-19-12-14-22(15-13-19)30(33)34/h6-8,11-15,21,24H,2-5,9-10,16-18H2,1H3,(H,28,32)/t24-/m0/s1. The van der Waals surface area contributed by atoms with Crippen molar-refractivity contribution in [1.82, 2.24) is 10.2 Å². The molecule has 2 aromatic rings. The van der Waals surface area contributed by atoms with Crippen LogP contribution in [0.4, 0.5) is 5.69 Å². The molecule has 2 amide bonds. The van der Waals surface area contributed by atoms with Gasteiger partial charge in [-0.1, -0.05) is 68.1 Å². The second-order valence-electron chi connectivity index (χ2n) is 8.80. The molecule has 188 valence electrons. The van der Waals surface area contributed by atoms with Crippen LogP contribution in [0.1, 0.15) is 56.6 Å². The van der Waals surface area contributed by atoms with Crippen LogP contribution in [0.15, 0.2) is 48.5 Å². The van der Waals surface area contributed by atoms with E-state index in [9.17, 15) is 19.7 Å². The minimum atomic E-state index is -0.583. The van der Waals surface area contributed by atoms with Crippen molar-refractivity contribution in [2.24, 2.45) is 0 Å². The van der Waals surface area contributed by atoms with Gasteiger partial charge in [0.05, 0.1) is 10.7 Å². The highest BCUT2D eigenvalue weighted by Crippen LogP contribution is 2.23. The van der Waals surface area contributed by atoms with E-state index in [1.54, 1.807) is 23.1 Å². The first-order valence-corrected chi connectivity index (χ1v) is 13.6. The molecule has 1 aliphatic rings. The van der Waals surface area contributed by atoms with E-state index in [1.807, 2.05) is 25.1 Å². The number of nitrogens with zero attached hydrogens (tertiary/aromatic N) is 2. The van der Waals surface area contributed by atoms with Gasteiger partial charge in [-0.05, 0) is 36.5 Å². The van der Waals surface area contributed by atoms with Crippen LogP contribution >= 0.6 is 23.4 Å². The average molecular weight is 518 g/mol. The fraction of sp³-hybridized carbons (Fsp3) is 0.462. The van der Waals surface area contributed by atoms with Crippen LogP contribution in [-0.4, -0.2) is 39.5 Å². The molecule has 0 aromatic heterocycles. The Kier molecular flexibility index (Phi) is 10.4. The van der Waals surface area contributed by atoms with Gasteiger partial charge < -0.3 is 10.2 Å². The lowest BCUT2D eigenvalue weighted by Gasteiger charge is -2.33. The van der Waals surface area contributed by atoms with E-state index in [2.05, 4.69) is 5.32 Å². The summed E-state index contributed by atoms with van der Waals surface area (Å²) >= 11 is 7.81. The molecule has 0 aliphatic heterocycles. The number of amides is 2. The first-order valence-electron chi connectivity index (χ1n) is 12.0. The molecule has 0 bridgehead atoms. The topological polar surface area (TPSA) is 92.6 Å². The molecule has 3 rings (SSSR count). The maximum atomic E-state index is 13.4. The second kappa shape index (κ2) is 13.5. The third-order valence-electron chi connectivity index (χ3n) is 6.28. The van der Waals surface area contributed by atoms with Gasteiger partial charge in [0.15, 0.2) is 0 Å². The van der Waals surface area contributed by atoms with Gasteiger partial charge in [0.2, 0.25) is 11.8 Å². The highest BCUT2D eigenvalue weighted by atomic mass is 35.5. The Balaban J connectivity index is 1.69. The van der Waals surface area contributed by atoms with Crippen molar-refractivity contribution in [2.45, 2.75) is 69.8 Å². The van der Waals surface area contributed by atoms with Crippen LogP contribution in [-0.2, 0) is 21.9 Å². The van der Waals surface area contributed by atoms with Crippen molar-refractivity contribution in [3.8, 4) is 0 Å². The number of hydrogen-bond donors (Lipinski definition) is 1. The first-order chi connectivity index (χ1) is 16.9. The van der Waals surface area contributed by atoms with Crippen molar-refractivity contribution in [1.29, 1.82) is 0 Å².